The normalized spacial score (nSPS) is 18.1. The number of hydrogen-bond donors (Lipinski definition) is 0. The molecule has 1 aromatic rings. The molecule has 2 rings (SSSR count). The molecular formula is C17H20O3. The van der Waals surface area contributed by atoms with Crippen molar-refractivity contribution in [2.75, 3.05) is 0 Å². The fourth-order valence-electron chi connectivity index (χ4n) is 2.09. The molecule has 1 aliphatic heterocycles. The van der Waals surface area contributed by atoms with Gasteiger partial charge in [0.25, 0.3) is 0 Å². The lowest BCUT2D eigenvalue weighted by Gasteiger charge is -2.30. The third kappa shape index (κ3) is 3.98. The number of allylic oxidation sites excluding steroid dienone is 2. The van der Waals surface area contributed by atoms with E-state index in [4.69, 9.17) is 9.47 Å². The summed E-state index contributed by atoms with van der Waals surface area (Å²) in [7, 11) is 0. The third-order valence-corrected chi connectivity index (χ3v) is 3.07. The van der Waals surface area contributed by atoms with Gasteiger partial charge in [0.15, 0.2) is 0 Å². The highest BCUT2D eigenvalue weighted by atomic mass is 16.7. The van der Waals surface area contributed by atoms with Gasteiger partial charge in [-0.1, -0.05) is 36.4 Å². The maximum Gasteiger partial charge on any atom is 0.337 e. The number of hydrogen-bond acceptors (Lipinski definition) is 3. The van der Waals surface area contributed by atoms with Gasteiger partial charge in [0.2, 0.25) is 5.79 Å². The van der Waals surface area contributed by atoms with Crippen LogP contribution in [-0.4, -0.2) is 11.8 Å². The van der Waals surface area contributed by atoms with Crippen LogP contribution >= 0.6 is 0 Å². The zero-order valence-corrected chi connectivity index (χ0v) is 12.2. The van der Waals surface area contributed by atoms with Gasteiger partial charge in [-0.25, -0.2) is 4.79 Å². The van der Waals surface area contributed by atoms with Crippen molar-refractivity contribution < 1.29 is 14.3 Å². The average Bonchev–Trinajstić information content (AvgIpc) is 2.37. The number of aryl methyl sites for hydroxylation is 1. The molecule has 0 saturated heterocycles. The Labute approximate surface area is 119 Å². The lowest BCUT2D eigenvalue weighted by Crippen LogP contribution is -2.34. The van der Waals surface area contributed by atoms with E-state index in [0.29, 0.717) is 5.76 Å². The fraction of sp³-hybridized carbons (Fsp3) is 0.353. The molecule has 0 fully saturated rings. The molecular weight excluding hydrogens is 252 g/mol. The average molecular weight is 272 g/mol. The van der Waals surface area contributed by atoms with Gasteiger partial charge in [0.05, 0.1) is 6.08 Å². The summed E-state index contributed by atoms with van der Waals surface area (Å²) >= 11 is 0. The van der Waals surface area contributed by atoms with Gasteiger partial charge in [-0.15, -0.1) is 0 Å². The van der Waals surface area contributed by atoms with E-state index in [1.54, 1.807) is 13.8 Å². The van der Waals surface area contributed by atoms with Crippen LogP contribution in [0.4, 0.5) is 0 Å². The highest BCUT2D eigenvalue weighted by Gasteiger charge is 2.30. The zero-order valence-electron chi connectivity index (χ0n) is 12.2. The SMILES string of the molecule is CC(=CCCc1ccccc1)C1=CC(=O)OC(C)(C)O1. The molecule has 0 atom stereocenters. The summed E-state index contributed by atoms with van der Waals surface area (Å²) in [4.78, 5) is 11.5. The molecule has 0 N–H and O–H groups in total. The van der Waals surface area contributed by atoms with Gasteiger partial charge in [0.1, 0.15) is 5.76 Å². The molecule has 3 heteroatoms. The summed E-state index contributed by atoms with van der Waals surface area (Å²) in [6.45, 7) is 5.41. The Bertz CT molecular complexity index is 539. The minimum atomic E-state index is -0.893. The molecule has 0 aliphatic carbocycles. The second kappa shape index (κ2) is 5.95. The molecule has 0 saturated carbocycles. The smallest absolute Gasteiger partial charge is 0.337 e. The molecule has 1 aliphatic rings. The van der Waals surface area contributed by atoms with Gasteiger partial charge < -0.3 is 9.47 Å². The van der Waals surface area contributed by atoms with Crippen LogP contribution in [0.1, 0.15) is 32.8 Å². The number of carbonyl (C=O) groups excluding carboxylic acids is 1. The van der Waals surface area contributed by atoms with Gasteiger partial charge in [-0.3, -0.25) is 0 Å². The quantitative estimate of drug-likeness (QED) is 0.783. The highest BCUT2D eigenvalue weighted by molar-refractivity contribution is 5.84. The van der Waals surface area contributed by atoms with Crippen LogP contribution in [0.2, 0.25) is 0 Å². The summed E-state index contributed by atoms with van der Waals surface area (Å²) in [5, 5.41) is 0. The Kier molecular flexibility index (Phi) is 4.28. The summed E-state index contributed by atoms with van der Waals surface area (Å²) in [6.07, 6.45) is 5.37. The van der Waals surface area contributed by atoms with E-state index in [0.717, 1.165) is 18.4 Å². The van der Waals surface area contributed by atoms with Crippen molar-refractivity contribution in [1.29, 1.82) is 0 Å². The molecule has 20 heavy (non-hydrogen) atoms. The Morgan fingerprint density at radius 1 is 1.20 bits per heavy atom. The summed E-state index contributed by atoms with van der Waals surface area (Å²) in [5.41, 5.74) is 2.26. The topological polar surface area (TPSA) is 35.5 Å². The van der Waals surface area contributed by atoms with E-state index in [9.17, 15) is 4.79 Å². The molecule has 0 amide bonds. The molecule has 0 aromatic heterocycles. The molecule has 0 spiro atoms. The van der Waals surface area contributed by atoms with Crippen molar-refractivity contribution >= 4 is 5.97 Å². The van der Waals surface area contributed by atoms with Crippen LogP contribution in [0.15, 0.2) is 53.8 Å². The Morgan fingerprint density at radius 2 is 1.90 bits per heavy atom. The first-order valence-corrected chi connectivity index (χ1v) is 6.81. The first kappa shape index (κ1) is 14.4. The standard InChI is InChI=1S/C17H20O3/c1-13(8-7-11-14-9-5-4-6-10-14)15-12-16(18)20-17(2,3)19-15/h4-6,8-10,12H,7,11H2,1-3H3. The van der Waals surface area contributed by atoms with Crippen molar-refractivity contribution in [3.63, 3.8) is 0 Å². The molecule has 0 unspecified atom stereocenters. The number of ether oxygens (including phenoxy) is 2. The zero-order chi connectivity index (χ0) is 14.6. The van der Waals surface area contributed by atoms with E-state index < -0.39 is 5.79 Å². The highest BCUT2D eigenvalue weighted by Crippen LogP contribution is 2.26. The Hall–Kier alpha value is -2.03. The van der Waals surface area contributed by atoms with E-state index in [1.807, 2.05) is 25.1 Å². The summed E-state index contributed by atoms with van der Waals surface area (Å²) in [6, 6.07) is 10.3. The van der Waals surface area contributed by atoms with E-state index in [1.165, 1.54) is 11.6 Å². The first-order valence-electron chi connectivity index (χ1n) is 6.81. The van der Waals surface area contributed by atoms with Crippen LogP contribution in [0.5, 0.6) is 0 Å². The van der Waals surface area contributed by atoms with Crippen molar-refractivity contribution in [2.45, 2.75) is 39.4 Å². The molecule has 1 aromatic carbocycles. The van der Waals surface area contributed by atoms with Gasteiger partial charge in [0, 0.05) is 13.8 Å². The Balaban J connectivity index is 1.98. The van der Waals surface area contributed by atoms with Crippen molar-refractivity contribution in [3.05, 3.63) is 59.4 Å². The number of carbonyl (C=O) groups is 1. The summed E-state index contributed by atoms with van der Waals surface area (Å²) in [5.74, 6) is -0.651. The number of rotatable bonds is 4. The monoisotopic (exact) mass is 272 g/mol. The maximum atomic E-state index is 11.5. The van der Waals surface area contributed by atoms with Crippen LogP contribution in [0, 0.1) is 0 Å². The number of benzene rings is 1. The predicted octanol–water partition coefficient (Wildman–Crippen LogP) is 3.76. The van der Waals surface area contributed by atoms with E-state index in [2.05, 4.69) is 18.2 Å². The molecule has 106 valence electrons. The lowest BCUT2D eigenvalue weighted by molar-refractivity contribution is -0.203. The lowest BCUT2D eigenvalue weighted by atomic mass is 10.1. The maximum absolute atomic E-state index is 11.5. The second-order valence-corrected chi connectivity index (χ2v) is 5.34. The van der Waals surface area contributed by atoms with E-state index >= 15 is 0 Å². The minimum absolute atomic E-state index is 0.355. The molecule has 1 heterocycles. The second-order valence-electron chi connectivity index (χ2n) is 5.34. The van der Waals surface area contributed by atoms with Crippen molar-refractivity contribution in [1.82, 2.24) is 0 Å². The molecule has 0 bridgehead atoms. The van der Waals surface area contributed by atoms with Crippen LogP contribution in [-0.2, 0) is 20.7 Å². The fourth-order valence-corrected chi connectivity index (χ4v) is 2.09. The number of cyclic esters (lactones) is 1. The summed E-state index contributed by atoms with van der Waals surface area (Å²) < 4.78 is 10.7. The van der Waals surface area contributed by atoms with Crippen LogP contribution in [0.25, 0.3) is 0 Å². The molecule has 0 radical (unpaired) electrons. The van der Waals surface area contributed by atoms with Crippen LogP contribution in [0.3, 0.4) is 0 Å². The number of esters is 1. The van der Waals surface area contributed by atoms with Crippen molar-refractivity contribution in [3.8, 4) is 0 Å². The Morgan fingerprint density at radius 3 is 2.55 bits per heavy atom. The molecule has 3 nitrogen and oxygen atoms in total. The van der Waals surface area contributed by atoms with Crippen LogP contribution < -0.4 is 0 Å². The van der Waals surface area contributed by atoms with Crippen molar-refractivity contribution in [2.24, 2.45) is 0 Å². The third-order valence-electron chi connectivity index (χ3n) is 3.07. The van der Waals surface area contributed by atoms with Gasteiger partial charge >= 0.3 is 5.97 Å². The minimum Gasteiger partial charge on any atom is -0.452 e. The first-order chi connectivity index (χ1) is 9.46. The predicted molar refractivity (Wildman–Crippen MR) is 77.9 cm³/mol. The van der Waals surface area contributed by atoms with E-state index in [-0.39, 0.29) is 5.97 Å². The largest absolute Gasteiger partial charge is 0.452 e. The van der Waals surface area contributed by atoms with Gasteiger partial charge in [-0.2, -0.15) is 0 Å². The van der Waals surface area contributed by atoms with Gasteiger partial charge in [-0.05, 0) is 30.9 Å².